The molecule has 214 valence electrons. The highest BCUT2D eigenvalue weighted by molar-refractivity contribution is 5.91. The summed E-state index contributed by atoms with van der Waals surface area (Å²) in [6.07, 6.45) is 0.176. The molecule has 2 aromatic rings. The minimum Gasteiger partial charge on any atom is -0.465 e. The predicted molar refractivity (Wildman–Crippen MR) is 144 cm³/mol. The van der Waals surface area contributed by atoms with Crippen molar-refractivity contribution < 1.29 is 29.0 Å². The number of carboxylic acid groups (broad SMARTS) is 1. The monoisotopic (exact) mass is 554 g/mol. The lowest BCUT2D eigenvalue weighted by Gasteiger charge is -2.44. The van der Waals surface area contributed by atoms with E-state index in [0.29, 0.717) is 17.5 Å². The van der Waals surface area contributed by atoms with Gasteiger partial charge in [-0.05, 0) is 44.2 Å². The lowest BCUT2D eigenvalue weighted by atomic mass is 9.91. The molecular weight excluding hydrogens is 520 g/mol. The first kappa shape index (κ1) is 28.7. The topological polar surface area (TPSA) is 154 Å². The summed E-state index contributed by atoms with van der Waals surface area (Å²) in [6, 6.07) is 7.02. The van der Waals surface area contributed by atoms with Gasteiger partial charge in [0.15, 0.2) is 0 Å². The van der Waals surface area contributed by atoms with Crippen LogP contribution >= 0.6 is 0 Å². The van der Waals surface area contributed by atoms with Crippen LogP contribution in [0.2, 0.25) is 0 Å². The number of nitrogens with one attached hydrogen (secondary N) is 1. The summed E-state index contributed by atoms with van der Waals surface area (Å²) in [5.74, 6) is -0.303. The van der Waals surface area contributed by atoms with Crippen LogP contribution in [0.15, 0.2) is 41.3 Å². The van der Waals surface area contributed by atoms with Gasteiger partial charge >= 0.3 is 17.8 Å². The van der Waals surface area contributed by atoms with E-state index in [2.05, 4.69) is 10.3 Å². The summed E-state index contributed by atoms with van der Waals surface area (Å²) >= 11 is 0. The molecule has 2 fully saturated rings. The lowest BCUT2D eigenvalue weighted by Crippen LogP contribution is -2.65. The first-order chi connectivity index (χ1) is 18.8. The number of piperazine rings is 1. The number of benzene rings is 1. The van der Waals surface area contributed by atoms with E-state index in [1.54, 1.807) is 43.0 Å². The zero-order valence-electron chi connectivity index (χ0n) is 23.2. The number of anilines is 1. The molecule has 13 nitrogen and oxygen atoms in total. The van der Waals surface area contributed by atoms with Crippen molar-refractivity contribution in [3.05, 3.63) is 52.6 Å². The van der Waals surface area contributed by atoms with Crippen LogP contribution < -0.4 is 11.0 Å². The Morgan fingerprint density at radius 1 is 1.15 bits per heavy atom. The number of hydrogen-bond donors (Lipinski definition) is 2. The molecule has 4 rings (SSSR count). The summed E-state index contributed by atoms with van der Waals surface area (Å²) in [5.41, 5.74) is -1.54. The fourth-order valence-corrected chi connectivity index (χ4v) is 5.11. The maximum atomic E-state index is 13.6. The number of rotatable bonds is 4. The Labute approximate surface area is 231 Å². The Kier molecular flexibility index (Phi) is 7.70. The molecule has 0 radical (unpaired) electrons. The molecule has 0 bridgehead atoms. The molecule has 1 aromatic heterocycles. The van der Waals surface area contributed by atoms with Gasteiger partial charge in [0.1, 0.15) is 23.9 Å². The molecule has 4 amide bonds. The first-order valence-electron chi connectivity index (χ1n) is 12.9. The van der Waals surface area contributed by atoms with E-state index in [-0.39, 0.29) is 38.0 Å². The second kappa shape index (κ2) is 10.7. The van der Waals surface area contributed by atoms with E-state index in [1.165, 1.54) is 21.7 Å². The highest BCUT2D eigenvalue weighted by Crippen LogP contribution is 2.38. The average molecular weight is 555 g/mol. The third-order valence-electron chi connectivity index (χ3n) is 7.22. The van der Waals surface area contributed by atoms with Gasteiger partial charge in [-0.25, -0.2) is 14.4 Å². The number of nitrogens with zero attached hydrogens (tertiary/aromatic N) is 5. The van der Waals surface area contributed by atoms with Gasteiger partial charge in [0.2, 0.25) is 0 Å². The van der Waals surface area contributed by atoms with E-state index < -0.39 is 41.0 Å². The average Bonchev–Trinajstić information content (AvgIpc) is 3.27. The number of carbonyl (C=O) groups is 4. The Morgan fingerprint density at radius 3 is 2.38 bits per heavy atom. The number of hydrogen-bond acceptors (Lipinski definition) is 7. The number of urea groups is 1. The zero-order valence-corrected chi connectivity index (χ0v) is 23.2. The quantitative estimate of drug-likeness (QED) is 0.546. The molecule has 2 N–H and O–H groups in total. The van der Waals surface area contributed by atoms with Crippen molar-refractivity contribution >= 4 is 30.1 Å². The lowest BCUT2D eigenvalue weighted by molar-refractivity contribution is -0.144. The van der Waals surface area contributed by atoms with E-state index in [1.807, 2.05) is 20.8 Å². The molecule has 2 aliphatic heterocycles. The second-order valence-corrected chi connectivity index (χ2v) is 11.4. The van der Waals surface area contributed by atoms with Gasteiger partial charge in [-0.1, -0.05) is 20.8 Å². The fourth-order valence-electron chi connectivity index (χ4n) is 5.11. The summed E-state index contributed by atoms with van der Waals surface area (Å²) in [7, 11) is 0. The van der Waals surface area contributed by atoms with Crippen molar-refractivity contribution in [2.45, 2.75) is 52.4 Å². The molecule has 13 heteroatoms. The highest BCUT2D eigenvalue weighted by Gasteiger charge is 2.56. The Hall–Kier alpha value is -4.26. The van der Waals surface area contributed by atoms with E-state index in [9.17, 15) is 29.1 Å². The number of amides is 4. The third-order valence-corrected chi connectivity index (χ3v) is 7.22. The molecule has 3 heterocycles. The van der Waals surface area contributed by atoms with Gasteiger partial charge in [0.05, 0.1) is 12.3 Å². The van der Waals surface area contributed by atoms with Gasteiger partial charge < -0.3 is 19.6 Å². The van der Waals surface area contributed by atoms with Crippen LogP contribution in [-0.2, 0) is 9.53 Å². The number of aromatic nitrogens is 2. The maximum absolute atomic E-state index is 13.6. The highest BCUT2D eigenvalue weighted by atomic mass is 16.5. The van der Waals surface area contributed by atoms with Crippen LogP contribution in [0.4, 0.5) is 15.4 Å². The minimum atomic E-state index is -1.39. The Balaban J connectivity index is 1.41. The van der Waals surface area contributed by atoms with Gasteiger partial charge in [0.25, 0.3) is 5.91 Å². The third kappa shape index (κ3) is 5.41. The van der Waals surface area contributed by atoms with Crippen LogP contribution in [0.1, 0.15) is 45.0 Å². The molecular formula is C27H34N6O7. The van der Waals surface area contributed by atoms with E-state index in [0.717, 1.165) is 4.90 Å². The minimum absolute atomic E-state index is 0.0619. The molecule has 0 spiro atoms. The molecule has 1 unspecified atom stereocenters. The standard InChI is InChI=1S/C27H34N6O7/c1-17-14-30(21(35)27(5)16-40-22(26(2,3)4)33(27)25(38)39)12-13-31(17)23(36)28-20-10-11-32(24(37)29-20)19-8-6-18(15-34)7-9-19/h6-11,15,17,22H,12-14,16H2,1-5H3,(H,38,39)(H,28,29,36,37)/t17?,22-,27+/m1/s1. The molecule has 40 heavy (non-hydrogen) atoms. The van der Waals surface area contributed by atoms with Crippen LogP contribution in [0.5, 0.6) is 0 Å². The van der Waals surface area contributed by atoms with Crippen molar-refractivity contribution in [3.8, 4) is 5.69 Å². The van der Waals surface area contributed by atoms with Gasteiger partial charge in [-0.15, -0.1) is 0 Å². The number of ether oxygens (including phenoxy) is 1. The molecule has 3 atom stereocenters. The van der Waals surface area contributed by atoms with Gasteiger partial charge in [-0.2, -0.15) is 4.98 Å². The Morgan fingerprint density at radius 2 is 1.82 bits per heavy atom. The van der Waals surface area contributed by atoms with Crippen molar-refractivity contribution in [1.29, 1.82) is 0 Å². The van der Waals surface area contributed by atoms with Crippen LogP contribution in [0, 0.1) is 5.41 Å². The summed E-state index contributed by atoms with van der Waals surface area (Å²) in [5, 5.41) is 12.6. The Bertz CT molecular complexity index is 1370. The normalized spacial score (nSPS) is 23.2. The van der Waals surface area contributed by atoms with Gasteiger partial charge in [-0.3, -0.25) is 24.4 Å². The summed E-state index contributed by atoms with van der Waals surface area (Å²) in [6.45, 7) is 9.45. The number of aldehydes is 1. The van der Waals surface area contributed by atoms with Crippen LogP contribution in [0.3, 0.4) is 0 Å². The largest absolute Gasteiger partial charge is 0.465 e. The maximum Gasteiger partial charge on any atom is 0.410 e. The molecule has 0 saturated carbocycles. The van der Waals surface area contributed by atoms with E-state index in [4.69, 9.17) is 4.74 Å². The number of carbonyl (C=O) groups excluding carboxylic acids is 3. The van der Waals surface area contributed by atoms with Crippen LogP contribution in [-0.4, -0.2) is 97.7 Å². The molecule has 1 aromatic carbocycles. The fraction of sp³-hybridized carbons (Fsp3) is 0.481. The van der Waals surface area contributed by atoms with Crippen molar-refractivity contribution in [3.63, 3.8) is 0 Å². The zero-order chi connectivity index (χ0) is 29.4. The van der Waals surface area contributed by atoms with Crippen molar-refractivity contribution in [1.82, 2.24) is 24.3 Å². The van der Waals surface area contributed by atoms with Gasteiger partial charge in [0, 0.05) is 42.9 Å². The van der Waals surface area contributed by atoms with Crippen molar-refractivity contribution in [2.24, 2.45) is 5.41 Å². The SMILES string of the molecule is CC1CN(C(=O)[C@]2(C)CO[C@H](C(C)(C)C)N2C(=O)O)CCN1C(=O)Nc1ccn(-c2ccc(C=O)cc2)c(=O)n1. The molecule has 0 aliphatic carbocycles. The summed E-state index contributed by atoms with van der Waals surface area (Å²) in [4.78, 5) is 70.4. The smallest absolute Gasteiger partial charge is 0.410 e. The van der Waals surface area contributed by atoms with E-state index >= 15 is 0 Å². The van der Waals surface area contributed by atoms with Crippen LogP contribution in [0.25, 0.3) is 5.69 Å². The second-order valence-electron chi connectivity index (χ2n) is 11.4. The predicted octanol–water partition coefficient (Wildman–Crippen LogP) is 2.25. The molecule has 2 saturated heterocycles. The summed E-state index contributed by atoms with van der Waals surface area (Å²) < 4.78 is 7.09. The molecule has 2 aliphatic rings. The first-order valence-corrected chi connectivity index (χ1v) is 12.9. The van der Waals surface area contributed by atoms with Crippen molar-refractivity contribution in [2.75, 3.05) is 31.6 Å².